The van der Waals surface area contributed by atoms with E-state index in [1.54, 1.807) is 0 Å². The molecule has 42 heavy (non-hydrogen) atoms. The monoisotopic (exact) mass is 576 g/mol. The lowest BCUT2D eigenvalue weighted by Gasteiger charge is -2.23. The van der Waals surface area contributed by atoms with Crippen molar-refractivity contribution >= 4 is 10.8 Å². The van der Waals surface area contributed by atoms with Crippen LogP contribution in [-0.4, -0.2) is 35.6 Å². The maximum atomic E-state index is 5.50. The second kappa shape index (κ2) is 15.5. The summed E-state index contributed by atoms with van der Waals surface area (Å²) in [6.45, 7) is 17.6. The van der Waals surface area contributed by atoms with Gasteiger partial charge in [-0.15, -0.1) is 0 Å². The predicted molar refractivity (Wildman–Crippen MR) is 175 cm³/mol. The van der Waals surface area contributed by atoms with E-state index in [9.17, 15) is 0 Å². The Labute approximate surface area is 255 Å². The minimum atomic E-state index is 0.523. The fourth-order valence-electron chi connectivity index (χ4n) is 6.78. The van der Waals surface area contributed by atoms with Gasteiger partial charge in [-0.1, -0.05) is 109 Å². The molecular formula is C36H60N6+2. The zero-order chi connectivity index (χ0) is 30.0. The maximum absolute atomic E-state index is 5.50. The highest BCUT2D eigenvalue weighted by atomic mass is 15.8. The Morgan fingerprint density at radius 3 is 0.976 bits per heavy atom. The number of aryl methyl sites for hydroxylation is 2. The van der Waals surface area contributed by atoms with E-state index in [2.05, 4.69) is 53.7 Å². The molecule has 2 aliphatic heterocycles. The summed E-state index contributed by atoms with van der Waals surface area (Å²) in [7, 11) is 0. The molecule has 0 spiro atoms. The molecule has 0 unspecified atom stereocenters. The van der Waals surface area contributed by atoms with E-state index in [1.165, 1.54) is 125 Å². The molecule has 0 fully saturated rings. The molecule has 0 saturated carbocycles. The molecule has 0 saturated heterocycles. The van der Waals surface area contributed by atoms with Gasteiger partial charge in [0.25, 0.3) is 0 Å². The van der Waals surface area contributed by atoms with Gasteiger partial charge in [-0.2, -0.15) is 0 Å². The van der Waals surface area contributed by atoms with Crippen LogP contribution >= 0.6 is 0 Å². The van der Waals surface area contributed by atoms with E-state index in [4.69, 9.17) is 20.4 Å². The lowest BCUT2D eigenvalue weighted by Crippen LogP contribution is -2.38. The summed E-state index contributed by atoms with van der Waals surface area (Å²) in [6, 6.07) is 4.68. The van der Waals surface area contributed by atoms with Crippen LogP contribution in [0.3, 0.4) is 0 Å². The molecule has 6 heteroatoms. The molecule has 0 N–H and O–H groups in total. The normalized spacial score (nSPS) is 16.0. The van der Waals surface area contributed by atoms with Crippen LogP contribution in [0.4, 0.5) is 0 Å². The molecule has 0 aromatic heterocycles. The fourth-order valence-corrected chi connectivity index (χ4v) is 6.78. The van der Waals surface area contributed by atoms with Crippen LogP contribution in [0.25, 0.3) is 10.8 Å². The van der Waals surface area contributed by atoms with Gasteiger partial charge in [0.1, 0.15) is 26.2 Å². The van der Waals surface area contributed by atoms with Crippen molar-refractivity contribution in [1.29, 1.82) is 0 Å². The Morgan fingerprint density at radius 2 is 0.690 bits per heavy atom. The minimum absolute atomic E-state index is 0.523. The van der Waals surface area contributed by atoms with E-state index in [-0.39, 0.29) is 0 Å². The molecule has 0 amide bonds. The molecule has 232 valence electrons. The van der Waals surface area contributed by atoms with Crippen molar-refractivity contribution in [2.24, 2.45) is 20.4 Å². The average Bonchev–Trinajstić information content (AvgIpc) is 3.56. The summed E-state index contributed by atoms with van der Waals surface area (Å²) in [5.41, 5.74) is 2.45. The van der Waals surface area contributed by atoms with Crippen molar-refractivity contribution in [3.05, 3.63) is 44.7 Å². The van der Waals surface area contributed by atoms with E-state index in [0.29, 0.717) is 9.40 Å². The lowest BCUT2D eigenvalue weighted by molar-refractivity contribution is -0.943. The van der Waals surface area contributed by atoms with Gasteiger partial charge < -0.3 is 0 Å². The zero-order valence-electron chi connectivity index (χ0n) is 28.0. The van der Waals surface area contributed by atoms with Crippen molar-refractivity contribution in [1.82, 2.24) is 0 Å². The van der Waals surface area contributed by atoms with E-state index in [1.807, 2.05) is 0 Å². The third-order valence-electron chi connectivity index (χ3n) is 9.34. The second-order valence-electron chi connectivity index (χ2n) is 13.2. The summed E-state index contributed by atoms with van der Waals surface area (Å²) < 4.78 is 1.05. The number of fused-ring (bicyclic) bond motifs is 5. The third kappa shape index (κ3) is 7.66. The minimum Gasteiger partial charge on any atom is -0.0765 e. The number of quaternary nitrogens is 2. The van der Waals surface area contributed by atoms with E-state index >= 15 is 0 Å². The summed E-state index contributed by atoms with van der Waals surface area (Å²) in [4.78, 5) is 0. The largest absolute Gasteiger partial charge is 0.161 e. The molecule has 2 aromatic rings. The van der Waals surface area contributed by atoms with Gasteiger partial charge in [-0.25, -0.2) is 0 Å². The smallest absolute Gasteiger partial charge is 0.0765 e. The molecule has 2 heterocycles. The highest BCUT2D eigenvalue weighted by molar-refractivity contribution is 5.83. The van der Waals surface area contributed by atoms with Crippen LogP contribution in [0.2, 0.25) is 0 Å². The quantitative estimate of drug-likeness (QED) is 0.115. The fraction of sp³-hybridized carbons (Fsp3) is 0.722. The molecular weight excluding hydrogens is 516 g/mol. The van der Waals surface area contributed by atoms with Crippen LogP contribution < -0.4 is 21.4 Å². The number of unbranched alkanes of at least 4 members (excludes halogenated alkanes) is 12. The van der Waals surface area contributed by atoms with Crippen LogP contribution in [0.15, 0.2) is 32.5 Å². The van der Waals surface area contributed by atoms with Gasteiger partial charge in [-0.05, 0) is 62.8 Å². The van der Waals surface area contributed by atoms with Gasteiger partial charge >= 0.3 is 0 Å². The van der Waals surface area contributed by atoms with Crippen molar-refractivity contribution in [3.63, 3.8) is 0 Å². The van der Waals surface area contributed by atoms with Crippen LogP contribution in [0.1, 0.15) is 142 Å². The highest BCUT2D eigenvalue weighted by Crippen LogP contribution is 2.22. The molecule has 2 aliphatic rings. The first-order chi connectivity index (χ1) is 20.4. The zero-order valence-corrected chi connectivity index (χ0v) is 28.0. The van der Waals surface area contributed by atoms with Crippen molar-refractivity contribution in [2.75, 3.05) is 26.2 Å². The number of nitrogens with zero attached hydrogens (tertiary/aromatic N) is 6. The van der Waals surface area contributed by atoms with Gasteiger partial charge in [0, 0.05) is 36.5 Å². The Balaban J connectivity index is 1.79. The molecule has 6 nitrogen and oxygen atoms in total. The molecule has 0 radical (unpaired) electrons. The Kier molecular flexibility index (Phi) is 12.1. The Bertz CT molecular complexity index is 1290. The van der Waals surface area contributed by atoms with Gasteiger partial charge in [0.15, 0.2) is 21.4 Å². The van der Waals surface area contributed by atoms with Crippen LogP contribution in [0, 0.1) is 13.8 Å². The number of rotatable bonds is 20. The average molecular weight is 577 g/mol. The molecule has 2 aromatic carbocycles. The summed E-state index contributed by atoms with van der Waals surface area (Å²) in [5, 5.41) is 28.6. The number of hydrogen-bond acceptors (Lipinski definition) is 4. The first-order valence-electron chi connectivity index (χ1n) is 17.7. The van der Waals surface area contributed by atoms with Crippen molar-refractivity contribution < 1.29 is 9.40 Å². The Morgan fingerprint density at radius 1 is 0.405 bits per heavy atom. The molecule has 0 atom stereocenters. The van der Waals surface area contributed by atoms with E-state index in [0.717, 1.165) is 47.6 Å². The van der Waals surface area contributed by atoms with Gasteiger partial charge in [0.05, 0.1) is 0 Å². The summed E-state index contributed by atoms with van der Waals surface area (Å²) in [5.74, 6) is 0. The molecule has 0 aliphatic carbocycles. The standard InChI is InChI=1S/C36H60N6/c1-7-11-15-19-23-41(24-20-16-12-8-2)37-33-29(5)27-32-31(35(33)39-41)28-30(6)34-36(32)40-42(38-34,25-21-17-13-9-3)26-22-18-14-10-4/h27-28H,7-26H2,1-6H3/q+2. The predicted octanol–water partition coefficient (Wildman–Crippen LogP) is 7.58. The van der Waals surface area contributed by atoms with E-state index < -0.39 is 0 Å². The summed E-state index contributed by atoms with van der Waals surface area (Å²) >= 11 is 0. The lowest BCUT2D eigenvalue weighted by atomic mass is 10.0. The maximum Gasteiger partial charge on any atom is 0.161 e. The topological polar surface area (TPSA) is 49.4 Å². The van der Waals surface area contributed by atoms with Crippen molar-refractivity contribution in [2.45, 2.75) is 144 Å². The molecule has 0 bridgehead atoms. The number of hydrogen-bond donors (Lipinski definition) is 0. The van der Waals surface area contributed by atoms with Crippen LogP contribution in [0.5, 0.6) is 0 Å². The third-order valence-corrected chi connectivity index (χ3v) is 9.34. The van der Waals surface area contributed by atoms with Crippen LogP contribution in [-0.2, 0) is 0 Å². The van der Waals surface area contributed by atoms with Gasteiger partial charge in [0.2, 0.25) is 0 Å². The highest BCUT2D eigenvalue weighted by Gasteiger charge is 2.35. The number of benzene rings is 2. The molecule has 4 rings (SSSR count). The van der Waals surface area contributed by atoms with Gasteiger partial charge in [-0.3, -0.25) is 0 Å². The first kappa shape index (κ1) is 32.7. The first-order valence-corrected chi connectivity index (χ1v) is 17.7. The second-order valence-corrected chi connectivity index (χ2v) is 13.2. The SMILES string of the molecule is CCCCCC[N+]1(CCCCCC)N=c2c(C)cc3c4c(c(C)cc3c2=N1)=N[N+](CCCCCC)(CCCCCC)N=4. The Hall–Kier alpha value is -2.18. The van der Waals surface area contributed by atoms with Crippen molar-refractivity contribution in [3.8, 4) is 0 Å². The summed E-state index contributed by atoms with van der Waals surface area (Å²) in [6.07, 6.45) is 19.9.